The van der Waals surface area contributed by atoms with Crippen LogP contribution in [0.2, 0.25) is 0 Å². The van der Waals surface area contributed by atoms with Crippen LogP contribution in [0.5, 0.6) is 5.75 Å². The lowest BCUT2D eigenvalue weighted by Gasteiger charge is -2.30. The number of hydrogen-bond acceptors (Lipinski definition) is 4. The molecule has 2 atom stereocenters. The predicted octanol–water partition coefficient (Wildman–Crippen LogP) is 2.33. The van der Waals surface area contributed by atoms with Crippen LogP contribution in [0.3, 0.4) is 0 Å². The van der Waals surface area contributed by atoms with Crippen LogP contribution in [0.15, 0.2) is 29.2 Å². The van der Waals surface area contributed by atoms with Gasteiger partial charge in [-0.05, 0) is 50.3 Å². The maximum absolute atomic E-state index is 13.1. The Balaban J connectivity index is 1.65. The van der Waals surface area contributed by atoms with Gasteiger partial charge in [0.1, 0.15) is 16.7 Å². The molecule has 0 unspecified atom stereocenters. The second kappa shape index (κ2) is 6.32. The smallest absolute Gasteiger partial charge is 0.247 e. The average molecular weight is 350 g/mol. The van der Waals surface area contributed by atoms with E-state index in [1.807, 2.05) is 13.0 Å². The fraction of sp³-hybridized carbons (Fsp3) is 0.667. The minimum Gasteiger partial charge on any atom is -0.487 e. The lowest BCUT2D eigenvalue weighted by atomic mass is 10.1. The summed E-state index contributed by atoms with van der Waals surface area (Å²) in [6.07, 6.45) is 4.37. The second-order valence-electron chi connectivity index (χ2n) is 7.20. The molecule has 0 spiro atoms. The lowest BCUT2D eigenvalue weighted by molar-refractivity contribution is 0.115. The summed E-state index contributed by atoms with van der Waals surface area (Å²) in [4.78, 5) is 2.82. The number of nitrogens with zero attached hydrogens (tertiary/aromatic N) is 2. The van der Waals surface area contributed by atoms with Gasteiger partial charge in [-0.25, -0.2) is 8.42 Å². The third-order valence-corrected chi connectivity index (χ3v) is 7.55. The molecule has 1 aliphatic carbocycles. The van der Waals surface area contributed by atoms with Gasteiger partial charge in [-0.1, -0.05) is 19.1 Å². The van der Waals surface area contributed by atoms with E-state index in [1.54, 1.807) is 22.5 Å². The van der Waals surface area contributed by atoms with Gasteiger partial charge < -0.3 is 9.64 Å². The highest BCUT2D eigenvalue weighted by Gasteiger charge is 2.42. The molecule has 5 nitrogen and oxygen atoms in total. The molecule has 4 rings (SSSR count). The lowest BCUT2D eigenvalue weighted by Crippen LogP contribution is -2.46. The van der Waals surface area contributed by atoms with E-state index < -0.39 is 10.0 Å². The van der Waals surface area contributed by atoms with Gasteiger partial charge in [-0.2, -0.15) is 4.31 Å². The maximum atomic E-state index is 13.1. The summed E-state index contributed by atoms with van der Waals surface area (Å²) in [7, 11) is -3.49. The average Bonchev–Trinajstić information content (AvgIpc) is 3.39. The summed E-state index contributed by atoms with van der Waals surface area (Å²) < 4.78 is 34.1. The maximum Gasteiger partial charge on any atom is 0.247 e. The normalized spacial score (nSPS) is 30.5. The third-order valence-electron chi connectivity index (χ3n) is 5.51. The molecular weight excluding hydrogens is 324 g/mol. The largest absolute Gasteiger partial charge is 0.487 e. The molecule has 1 saturated heterocycles. The number of para-hydroxylation sites is 1. The van der Waals surface area contributed by atoms with Gasteiger partial charge in [-0.3, -0.25) is 0 Å². The molecule has 3 aliphatic rings. The van der Waals surface area contributed by atoms with Crippen LogP contribution in [0.4, 0.5) is 0 Å². The van der Waals surface area contributed by atoms with Crippen molar-refractivity contribution in [3.63, 3.8) is 0 Å². The molecule has 1 aromatic carbocycles. The monoisotopic (exact) mass is 350 g/mol. The molecule has 2 aliphatic heterocycles. The highest BCUT2D eigenvalue weighted by Crippen LogP contribution is 2.37. The standard InChI is InChI=1S/C18H26N2O3S/c1-2-20-15-9-11-19(13-14-7-8-14)12-10-16(15)23-17-5-3-4-6-18(17)24(20,21)22/h3-6,14-16H,2,7-13H2,1H3/t15-,16-/m1/s1. The number of fused-ring (bicyclic) bond motifs is 2. The Kier molecular flexibility index (Phi) is 4.31. The Morgan fingerprint density at radius 2 is 1.88 bits per heavy atom. The molecule has 0 radical (unpaired) electrons. The van der Waals surface area contributed by atoms with Crippen molar-refractivity contribution >= 4 is 10.0 Å². The SMILES string of the molecule is CCN1[C@@H]2CCN(CC3CC3)CC[C@H]2Oc2ccccc2S1(=O)=O. The molecule has 1 aromatic rings. The summed E-state index contributed by atoms with van der Waals surface area (Å²) in [5, 5.41) is 0. The Morgan fingerprint density at radius 3 is 2.62 bits per heavy atom. The first-order valence-electron chi connectivity index (χ1n) is 9.09. The fourth-order valence-corrected chi connectivity index (χ4v) is 5.87. The highest BCUT2D eigenvalue weighted by molar-refractivity contribution is 7.89. The van der Waals surface area contributed by atoms with Gasteiger partial charge in [-0.15, -0.1) is 0 Å². The Hall–Kier alpha value is -1.11. The second-order valence-corrected chi connectivity index (χ2v) is 9.06. The van der Waals surface area contributed by atoms with Gasteiger partial charge in [0.2, 0.25) is 10.0 Å². The van der Waals surface area contributed by atoms with Gasteiger partial charge in [0.25, 0.3) is 0 Å². The zero-order valence-electron chi connectivity index (χ0n) is 14.2. The van der Waals surface area contributed by atoms with Crippen LogP contribution in [0, 0.1) is 5.92 Å². The van der Waals surface area contributed by atoms with Gasteiger partial charge >= 0.3 is 0 Å². The van der Waals surface area contributed by atoms with E-state index in [9.17, 15) is 8.42 Å². The van der Waals surface area contributed by atoms with E-state index in [0.717, 1.165) is 38.4 Å². The zero-order chi connectivity index (χ0) is 16.7. The molecule has 0 N–H and O–H groups in total. The van der Waals surface area contributed by atoms with Crippen molar-refractivity contribution in [2.24, 2.45) is 5.92 Å². The van der Waals surface area contributed by atoms with E-state index in [0.29, 0.717) is 17.2 Å². The number of likely N-dealkylation sites (tertiary alicyclic amines) is 1. The fourth-order valence-electron chi connectivity index (χ4n) is 4.06. The molecule has 1 saturated carbocycles. The van der Waals surface area contributed by atoms with Crippen LogP contribution in [-0.2, 0) is 10.0 Å². The first-order chi connectivity index (χ1) is 11.6. The number of rotatable bonds is 3. The van der Waals surface area contributed by atoms with Gasteiger partial charge in [0.15, 0.2) is 0 Å². The third kappa shape index (κ3) is 2.95. The van der Waals surface area contributed by atoms with Gasteiger partial charge in [0, 0.05) is 19.6 Å². The van der Waals surface area contributed by atoms with E-state index in [2.05, 4.69) is 4.90 Å². The van der Waals surface area contributed by atoms with Crippen molar-refractivity contribution in [2.45, 2.75) is 49.6 Å². The summed E-state index contributed by atoms with van der Waals surface area (Å²) in [5.41, 5.74) is 0. The first-order valence-corrected chi connectivity index (χ1v) is 10.5. The Morgan fingerprint density at radius 1 is 1.12 bits per heavy atom. The molecule has 2 heterocycles. The molecule has 2 fully saturated rings. The van der Waals surface area contributed by atoms with E-state index in [-0.39, 0.29) is 12.1 Å². The van der Waals surface area contributed by atoms with Crippen molar-refractivity contribution in [1.82, 2.24) is 9.21 Å². The quantitative estimate of drug-likeness (QED) is 0.840. The summed E-state index contributed by atoms with van der Waals surface area (Å²) in [5.74, 6) is 1.37. The minimum absolute atomic E-state index is 0.0624. The zero-order valence-corrected chi connectivity index (χ0v) is 15.0. The number of hydrogen-bond donors (Lipinski definition) is 0. The number of likely N-dealkylation sites (N-methyl/N-ethyl adjacent to an activating group) is 1. The van der Waals surface area contributed by atoms with Crippen LogP contribution >= 0.6 is 0 Å². The Bertz CT molecular complexity index is 702. The summed E-state index contributed by atoms with van der Waals surface area (Å²) in [6.45, 7) is 5.54. The van der Waals surface area contributed by atoms with Crippen LogP contribution in [-0.4, -0.2) is 55.9 Å². The van der Waals surface area contributed by atoms with Crippen LogP contribution in [0.1, 0.15) is 32.6 Å². The molecule has 6 heteroatoms. The molecule has 24 heavy (non-hydrogen) atoms. The van der Waals surface area contributed by atoms with Crippen LogP contribution < -0.4 is 4.74 Å². The minimum atomic E-state index is -3.49. The van der Waals surface area contributed by atoms with Gasteiger partial charge in [0.05, 0.1) is 6.04 Å². The number of ether oxygens (including phenoxy) is 1. The first kappa shape index (κ1) is 16.4. The molecule has 0 bridgehead atoms. The van der Waals surface area contributed by atoms with Crippen molar-refractivity contribution in [2.75, 3.05) is 26.2 Å². The van der Waals surface area contributed by atoms with E-state index in [4.69, 9.17) is 4.74 Å². The van der Waals surface area contributed by atoms with E-state index >= 15 is 0 Å². The van der Waals surface area contributed by atoms with Crippen molar-refractivity contribution in [1.29, 1.82) is 0 Å². The summed E-state index contributed by atoms with van der Waals surface area (Å²) >= 11 is 0. The van der Waals surface area contributed by atoms with Crippen LogP contribution in [0.25, 0.3) is 0 Å². The number of sulfonamides is 1. The van der Waals surface area contributed by atoms with Crippen molar-refractivity contribution < 1.29 is 13.2 Å². The number of benzene rings is 1. The molecule has 132 valence electrons. The predicted molar refractivity (Wildman–Crippen MR) is 92.6 cm³/mol. The Labute approximate surface area is 144 Å². The molecule has 0 aromatic heterocycles. The summed E-state index contributed by atoms with van der Waals surface area (Å²) in [6, 6.07) is 7.00. The van der Waals surface area contributed by atoms with Crippen molar-refractivity contribution in [3.05, 3.63) is 24.3 Å². The topological polar surface area (TPSA) is 49.9 Å². The van der Waals surface area contributed by atoms with Crippen molar-refractivity contribution in [3.8, 4) is 5.75 Å². The van der Waals surface area contributed by atoms with E-state index in [1.165, 1.54) is 12.8 Å². The molecule has 0 amide bonds. The molecular formula is C18H26N2O3S. The highest BCUT2D eigenvalue weighted by atomic mass is 32.2.